The molecule has 2 rings (SSSR count). The predicted octanol–water partition coefficient (Wildman–Crippen LogP) is -0.687. The number of nitrogens with one attached hydrogen (secondary N) is 1. The van der Waals surface area contributed by atoms with Crippen LogP contribution in [0.4, 0.5) is 5.69 Å². The van der Waals surface area contributed by atoms with Gasteiger partial charge in [0.15, 0.2) is 0 Å². The minimum absolute atomic E-state index is 0.0941. The van der Waals surface area contributed by atoms with Gasteiger partial charge >= 0.3 is 0 Å². The van der Waals surface area contributed by atoms with Gasteiger partial charge in [0.1, 0.15) is 11.8 Å². The monoisotopic (exact) mass is 313 g/mol. The molecule has 1 aromatic rings. The third-order valence-corrected chi connectivity index (χ3v) is 4.66. The van der Waals surface area contributed by atoms with E-state index < -0.39 is 27.9 Å². The maximum Gasteiger partial charge on any atom is 0.247 e. The average molecular weight is 313 g/mol. The van der Waals surface area contributed by atoms with Crippen molar-refractivity contribution in [1.29, 1.82) is 0 Å². The van der Waals surface area contributed by atoms with Crippen LogP contribution in [-0.4, -0.2) is 45.3 Å². The first-order valence-corrected chi connectivity index (χ1v) is 7.51. The Kier molecular flexibility index (Phi) is 3.88. The molecule has 21 heavy (non-hydrogen) atoms. The van der Waals surface area contributed by atoms with Crippen LogP contribution in [0.5, 0.6) is 5.75 Å². The van der Waals surface area contributed by atoms with Crippen molar-refractivity contribution in [2.24, 2.45) is 0 Å². The van der Waals surface area contributed by atoms with Gasteiger partial charge in [0, 0.05) is 13.1 Å². The minimum Gasteiger partial charge on any atom is -0.495 e. The molecule has 1 saturated heterocycles. The highest BCUT2D eigenvalue weighted by molar-refractivity contribution is 7.89. The molecule has 8 nitrogen and oxygen atoms in total. The van der Waals surface area contributed by atoms with Gasteiger partial charge in [-0.2, -0.15) is 4.72 Å². The molecule has 0 radical (unpaired) electrons. The van der Waals surface area contributed by atoms with Gasteiger partial charge in [0.05, 0.1) is 24.1 Å². The molecule has 1 aliphatic rings. The Morgan fingerprint density at radius 3 is 2.57 bits per heavy atom. The Bertz CT molecular complexity index is 701. The lowest BCUT2D eigenvalue weighted by atomic mass is 10.3. The summed E-state index contributed by atoms with van der Waals surface area (Å²) in [7, 11) is -1.28. The van der Waals surface area contributed by atoms with E-state index in [1.165, 1.54) is 32.4 Å². The molecule has 1 fully saturated rings. The molecule has 1 unspecified atom stereocenters. The highest BCUT2D eigenvalue weighted by Gasteiger charge is 2.38. The van der Waals surface area contributed by atoms with E-state index in [2.05, 4.69) is 4.72 Å². The molecule has 0 saturated carbocycles. The summed E-state index contributed by atoms with van der Waals surface area (Å²) >= 11 is 0. The van der Waals surface area contributed by atoms with Gasteiger partial charge in [0.2, 0.25) is 21.8 Å². The molecule has 0 spiro atoms. The van der Waals surface area contributed by atoms with E-state index >= 15 is 0 Å². The fourth-order valence-electron chi connectivity index (χ4n) is 1.96. The summed E-state index contributed by atoms with van der Waals surface area (Å²) in [6, 6.07) is 2.85. The molecule has 1 aliphatic heterocycles. The van der Waals surface area contributed by atoms with Crippen LogP contribution in [-0.2, 0) is 19.6 Å². The lowest BCUT2D eigenvalue weighted by Gasteiger charge is -2.13. The summed E-state index contributed by atoms with van der Waals surface area (Å²) in [6.45, 7) is 0. The molecular formula is C12H15N3O5S. The van der Waals surface area contributed by atoms with Crippen LogP contribution in [0.25, 0.3) is 0 Å². The standard InChI is InChI=1S/C12H15N3O5S/c1-15-11(16)6-9(12(15)17)14-21(18,19)7-3-4-8(13)10(5-7)20-2/h3-5,9,14H,6,13H2,1-2H3. The number of hydrogen-bond acceptors (Lipinski definition) is 6. The summed E-state index contributed by atoms with van der Waals surface area (Å²) in [5.41, 5.74) is 5.91. The van der Waals surface area contributed by atoms with Gasteiger partial charge in [-0.25, -0.2) is 8.42 Å². The second-order valence-corrected chi connectivity index (χ2v) is 6.29. The normalized spacial score (nSPS) is 19.1. The first-order chi connectivity index (χ1) is 9.76. The summed E-state index contributed by atoms with van der Waals surface area (Å²) < 4.78 is 31.7. The maximum atomic E-state index is 12.2. The van der Waals surface area contributed by atoms with Crippen LogP contribution < -0.4 is 15.2 Å². The number of rotatable bonds is 4. The zero-order valence-electron chi connectivity index (χ0n) is 11.5. The SMILES string of the molecule is COc1cc(S(=O)(=O)NC2CC(=O)N(C)C2=O)ccc1N. The number of ether oxygens (including phenoxy) is 1. The molecule has 1 aromatic carbocycles. The van der Waals surface area contributed by atoms with E-state index in [4.69, 9.17) is 10.5 Å². The van der Waals surface area contributed by atoms with Crippen molar-refractivity contribution in [2.75, 3.05) is 19.9 Å². The second-order valence-electron chi connectivity index (χ2n) is 4.57. The fraction of sp³-hybridized carbons (Fsp3) is 0.333. The largest absolute Gasteiger partial charge is 0.495 e. The number of likely N-dealkylation sites (N-methyl/N-ethyl adjacent to an activating group) is 1. The second kappa shape index (κ2) is 5.34. The van der Waals surface area contributed by atoms with E-state index in [0.717, 1.165) is 4.90 Å². The van der Waals surface area contributed by atoms with Crippen molar-refractivity contribution in [2.45, 2.75) is 17.4 Å². The molecule has 0 aromatic heterocycles. The molecule has 0 aliphatic carbocycles. The van der Waals surface area contributed by atoms with E-state index in [-0.39, 0.29) is 17.1 Å². The Balaban J connectivity index is 2.27. The first kappa shape index (κ1) is 15.3. The lowest BCUT2D eigenvalue weighted by molar-refractivity contribution is -0.137. The number of hydrogen-bond donors (Lipinski definition) is 2. The number of nitrogen functional groups attached to an aromatic ring is 1. The summed E-state index contributed by atoms with van der Waals surface area (Å²) in [6.07, 6.45) is -0.194. The minimum atomic E-state index is -3.96. The van der Waals surface area contributed by atoms with Crippen LogP contribution in [0.3, 0.4) is 0 Å². The molecular weight excluding hydrogens is 298 g/mol. The number of sulfonamides is 1. The summed E-state index contributed by atoms with van der Waals surface area (Å²) in [4.78, 5) is 23.9. The molecule has 2 amide bonds. The first-order valence-electron chi connectivity index (χ1n) is 6.02. The molecule has 3 N–H and O–H groups in total. The Morgan fingerprint density at radius 1 is 1.38 bits per heavy atom. The Labute approximate surface area is 121 Å². The molecule has 9 heteroatoms. The van der Waals surface area contributed by atoms with Gasteiger partial charge in [-0.1, -0.05) is 0 Å². The molecule has 1 atom stereocenters. The van der Waals surface area contributed by atoms with Crippen LogP contribution in [0, 0.1) is 0 Å². The number of carbonyl (C=O) groups is 2. The number of amides is 2. The van der Waals surface area contributed by atoms with Crippen molar-refractivity contribution in [3.05, 3.63) is 18.2 Å². The maximum absolute atomic E-state index is 12.2. The molecule has 0 bridgehead atoms. The number of imide groups is 1. The predicted molar refractivity (Wildman–Crippen MR) is 73.9 cm³/mol. The van der Waals surface area contributed by atoms with Crippen molar-refractivity contribution in [3.8, 4) is 5.75 Å². The van der Waals surface area contributed by atoms with Crippen molar-refractivity contribution < 1.29 is 22.7 Å². The number of anilines is 1. The van der Waals surface area contributed by atoms with E-state index in [9.17, 15) is 18.0 Å². The topological polar surface area (TPSA) is 119 Å². The van der Waals surface area contributed by atoms with E-state index in [1.807, 2.05) is 0 Å². The Hall–Kier alpha value is -2.13. The van der Waals surface area contributed by atoms with Crippen molar-refractivity contribution >= 4 is 27.5 Å². The molecule has 114 valence electrons. The van der Waals surface area contributed by atoms with E-state index in [1.54, 1.807) is 0 Å². The number of nitrogens with zero attached hydrogens (tertiary/aromatic N) is 1. The lowest BCUT2D eigenvalue weighted by Crippen LogP contribution is -2.40. The highest BCUT2D eigenvalue weighted by Crippen LogP contribution is 2.25. The zero-order valence-corrected chi connectivity index (χ0v) is 12.3. The number of benzene rings is 1. The van der Waals surface area contributed by atoms with Crippen LogP contribution in [0.2, 0.25) is 0 Å². The Morgan fingerprint density at radius 2 is 2.05 bits per heavy atom. The zero-order chi connectivity index (χ0) is 15.8. The third-order valence-electron chi connectivity index (χ3n) is 3.19. The van der Waals surface area contributed by atoms with Gasteiger partial charge in [-0.3, -0.25) is 14.5 Å². The van der Waals surface area contributed by atoms with Crippen LogP contribution in [0.15, 0.2) is 23.1 Å². The quantitative estimate of drug-likeness (QED) is 0.561. The van der Waals surface area contributed by atoms with E-state index in [0.29, 0.717) is 5.69 Å². The highest BCUT2D eigenvalue weighted by atomic mass is 32.2. The summed E-state index contributed by atoms with van der Waals surface area (Å²) in [5.74, 6) is -0.794. The number of carbonyl (C=O) groups excluding carboxylic acids is 2. The van der Waals surface area contributed by atoms with Crippen molar-refractivity contribution in [1.82, 2.24) is 9.62 Å². The number of nitrogens with two attached hydrogens (primary N) is 1. The summed E-state index contributed by atoms with van der Waals surface area (Å²) in [5, 5.41) is 0. The fourth-order valence-corrected chi connectivity index (χ4v) is 3.17. The van der Waals surface area contributed by atoms with Crippen LogP contribution >= 0.6 is 0 Å². The molecule has 1 heterocycles. The van der Waals surface area contributed by atoms with Crippen molar-refractivity contribution in [3.63, 3.8) is 0 Å². The van der Waals surface area contributed by atoms with Gasteiger partial charge in [-0.15, -0.1) is 0 Å². The average Bonchev–Trinajstić information content (AvgIpc) is 2.66. The smallest absolute Gasteiger partial charge is 0.247 e. The van der Waals surface area contributed by atoms with Gasteiger partial charge in [0.25, 0.3) is 0 Å². The third kappa shape index (κ3) is 2.83. The number of likely N-dealkylation sites (tertiary alicyclic amines) is 1. The van der Waals surface area contributed by atoms with Crippen LogP contribution in [0.1, 0.15) is 6.42 Å². The van der Waals surface area contributed by atoms with Gasteiger partial charge < -0.3 is 10.5 Å². The number of methoxy groups -OCH3 is 1. The van der Waals surface area contributed by atoms with Gasteiger partial charge in [-0.05, 0) is 12.1 Å².